The van der Waals surface area contributed by atoms with Crippen molar-refractivity contribution in [2.24, 2.45) is 0 Å². The van der Waals surface area contributed by atoms with Gasteiger partial charge in [-0.25, -0.2) is 9.59 Å². The Bertz CT molecular complexity index is 451. The first-order valence-electron chi connectivity index (χ1n) is 8.00. The summed E-state index contributed by atoms with van der Waals surface area (Å²) in [4.78, 5) is 24.5. The minimum atomic E-state index is -0.475. The highest BCUT2D eigenvalue weighted by Crippen LogP contribution is 2.15. The fourth-order valence-corrected chi connectivity index (χ4v) is 2.26. The Morgan fingerprint density at radius 2 is 1.23 bits per heavy atom. The molecule has 2 unspecified atom stereocenters. The van der Waals surface area contributed by atoms with Gasteiger partial charge in [-0.15, -0.1) is 0 Å². The van der Waals surface area contributed by atoms with Gasteiger partial charge in [0.2, 0.25) is 0 Å². The molecule has 2 atom stereocenters. The van der Waals surface area contributed by atoms with Crippen molar-refractivity contribution in [3.8, 4) is 0 Å². The molecule has 0 heterocycles. The maximum absolute atomic E-state index is 12.2. The van der Waals surface area contributed by atoms with Crippen molar-refractivity contribution in [3.05, 3.63) is 35.4 Å². The van der Waals surface area contributed by atoms with Crippen molar-refractivity contribution in [1.82, 2.24) is 0 Å². The standard InChI is InChI=1S/C18H26O4/c1-5-9-13(3)21-17(19)15-11-7-8-12-16(15)18(20)22-14(4)10-6-2/h7-8,11-14H,5-6,9-10H2,1-4H3. The van der Waals surface area contributed by atoms with E-state index in [4.69, 9.17) is 9.47 Å². The zero-order valence-corrected chi connectivity index (χ0v) is 13.9. The number of hydrogen-bond donors (Lipinski definition) is 0. The van der Waals surface area contributed by atoms with Crippen LogP contribution in [0.2, 0.25) is 0 Å². The normalized spacial score (nSPS) is 13.3. The van der Waals surface area contributed by atoms with Gasteiger partial charge >= 0.3 is 11.9 Å². The largest absolute Gasteiger partial charge is 0.459 e. The molecule has 0 aliphatic rings. The summed E-state index contributed by atoms with van der Waals surface area (Å²) in [6.07, 6.45) is 3.14. The Morgan fingerprint density at radius 1 is 0.864 bits per heavy atom. The molecule has 0 aromatic heterocycles. The van der Waals surface area contributed by atoms with E-state index in [9.17, 15) is 9.59 Å². The van der Waals surface area contributed by atoms with Crippen LogP contribution in [0.5, 0.6) is 0 Å². The lowest BCUT2D eigenvalue weighted by Crippen LogP contribution is -2.20. The van der Waals surface area contributed by atoms with Gasteiger partial charge in [0, 0.05) is 0 Å². The lowest BCUT2D eigenvalue weighted by atomic mass is 10.1. The van der Waals surface area contributed by atoms with Crippen LogP contribution in [-0.4, -0.2) is 24.1 Å². The molecule has 0 aliphatic heterocycles. The van der Waals surface area contributed by atoms with Crippen LogP contribution in [0.15, 0.2) is 24.3 Å². The summed E-state index contributed by atoms with van der Waals surface area (Å²) < 4.78 is 10.7. The van der Waals surface area contributed by atoms with Crippen molar-refractivity contribution in [2.45, 2.75) is 65.6 Å². The van der Waals surface area contributed by atoms with Gasteiger partial charge in [0.1, 0.15) is 0 Å². The van der Waals surface area contributed by atoms with Crippen LogP contribution in [0, 0.1) is 0 Å². The van der Waals surface area contributed by atoms with Gasteiger partial charge in [-0.3, -0.25) is 0 Å². The third-order valence-corrected chi connectivity index (χ3v) is 3.37. The smallest absolute Gasteiger partial charge is 0.339 e. The number of hydrogen-bond acceptors (Lipinski definition) is 4. The van der Waals surface area contributed by atoms with E-state index in [1.165, 1.54) is 0 Å². The number of esters is 2. The minimum absolute atomic E-state index is 0.166. The van der Waals surface area contributed by atoms with Crippen molar-refractivity contribution >= 4 is 11.9 Å². The Hall–Kier alpha value is -1.84. The summed E-state index contributed by atoms with van der Waals surface area (Å²) in [5.74, 6) is -0.951. The Kier molecular flexibility index (Phi) is 7.64. The maximum Gasteiger partial charge on any atom is 0.339 e. The number of carbonyl (C=O) groups excluding carboxylic acids is 2. The van der Waals surface area contributed by atoms with Crippen molar-refractivity contribution < 1.29 is 19.1 Å². The second-order valence-electron chi connectivity index (χ2n) is 5.55. The molecule has 0 N–H and O–H groups in total. The molecule has 0 saturated heterocycles. The lowest BCUT2D eigenvalue weighted by molar-refractivity contribution is 0.0274. The average Bonchev–Trinajstić information content (AvgIpc) is 2.47. The number of carbonyl (C=O) groups is 2. The highest BCUT2D eigenvalue weighted by Gasteiger charge is 2.21. The van der Waals surface area contributed by atoms with Crippen LogP contribution < -0.4 is 0 Å². The summed E-state index contributed by atoms with van der Waals surface area (Å²) in [5, 5.41) is 0. The molecule has 4 nitrogen and oxygen atoms in total. The van der Waals surface area contributed by atoms with E-state index >= 15 is 0 Å². The van der Waals surface area contributed by atoms with E-state index in [2.05, 4.69) is 0 Å². The summed E-state index contributed by atoms with van der Waals surface area (Å²) in [7, 11) is 0. The molecule has 0 saturated carbocycles. The first-order chi connectivity index (χ1) is 10.5. The minimum Gasteiger partial charge on any atom is -0.459 e. The second kappa shape index (κ2) is 9.23. The van der Waals surface area contributed by atoms with Crippen molar-refractivity contribution in [1.29, 1.82) is 0 Å². The topological polar surface area (TPSA) is 52.6 Å². The molecule has 0 amide bonds. The van der Waals surface area contributed by atoms with Crippen LogP contribution in [0.1, 0.15) is 74.1 Å². The van der Waals surface area contributed by atoms with Gasteiger partial charge in [-0.1, -0.05) is 38.8 Å². The highest BCUT2D eigenvalue weighted by molar-refractivity contribution is 6.03. The third-order valence-electron chi connectivity index (χ3n) is 3.37. The monoisotopic (exact) mass is 306 g/mol. The average molecular weight is 306 g/mol. The van der Waals surface area contributed by atoms with Gasteiger partial charge in [0.25, 0.3) is 0 Å². The van der Waals surface area contributed by atoms with Crippen LogP contribution in [-0.2, 0) is 9.47 Å². The third kappa shape index (κ3) is 5.51. The molecule has 1 aromatic carbocycles. The summed E-state index contributed by atoms with van der Waals surface area (Å²) in [6, 6.07) is 6.63. The van der Waals surface area contributed by atoms with Crippen molar-refractivity contribution in [3.63, 3.8) is 0 Å². The molecule has 0 bridgehead atoms. The molecular formula is C18H26O4. The molecule has 22 heavy (non-hydrogen) atoms. The van der Waals surface area contributed by atoms with Crippen LogP contribution in [0.25, 0.3) is 0 Å². The predicted octanol–water partition coefficient (Wildman–Crippen LogP) is 4.38. The van der Waals surface area contributed by atoms with Gasteiger partial charge in [-0.05, 0) is 38.8 Å². The maximum atomic E-state index is 12.2. The number of ether oxygens (including phenoxy) is 2. The zero-order valence-electron chi connectivity index (χ0n) is 13.9. The van der Waals surface area contributed by atoms with E-state index in [0.29, 0.717) is 0 Å². The molecule has 0 radical (unpaired) electrons. The molecule has 4 heteroatoms. The highest BCUT2D eigenvalue weighted by atomic mass is 16.5. The Morgan fingerprint density at radius 3 is 1.55 bits per heavy atom. The number of benzene rings is 1. The zero-order chi connectivity index (χ0) is 16.5. The van der Waals surface area contributed by atoms with E-state index in [0.717, 1.165) is 25.7 Å². The fraction of sp³-hybridized carbons (Fsp3) is 0.556. The van der Waals surface area contributed by atoms with E-state index in [-0.39, 0.29) is 23.3 Å². The molecular weight excluding hydrogens is 280 g/mol. The van der Waals surface area contributed by atoms with Gasteiger partial charge in [0.15, 0.2) is 0 Å². The van der Waals surface area contributed by atoms with Crippen LogP contribution in [0.3, 0.4) is 0 Å². The van der Waals surface area contributed by atoms with Crippen LogP contribution >= 0.6 is 0 Å². The lowest BCUT2D eigenvalue weighted by Gasteiger charge is -2.16. The molecule has 0 fully saturated rings. The fourth-order valence-electron chi connectivity index (χ4n) is 2.26. The van der Waals surface area contributed by atoms with Gasteiger partial charge in [-0.2, -0.15) is 0 Å². The quantitative estimate of drug-likeness (QED) is 0.669. The molecule has 122 valence electrons. The second-order valence-corrected chi connectivity index (χ2v) is 5.55. The molecule has 0 spiro atoms. The molecule has 0 aliphatic carbocycles. The summed E-state index contributed by atoms with van der Waals surface area (Å²) in [5.41, 5.74) is 0.526. The Labute approximate surface area is 132 Å². The molecule has 1 rings (SSSR count). The summed E-state index contributed by atoms with van der Waals surface area (Å²) in [6.45, 7) is 7.77. The van der Waals surface area contributed by atoms with Gasteiger partial charge < -0.3 is 9.47 Å². The van der Waals surface area contributed by atoms with E-state index in [1.807, 2.05) is 27.7 Å². The van der Waals surface area contributed by atoms with Crippen LogP contribution in [0.4, 0.5) is 0 Å². The van der Waals surface area contributed by atoms with E-state index in [1.54, 1.807) is 24.3 Å². The SMILES string of the molecule is CCCC(C)OC(=O)c1ccccc1C(=O)OC(C)CCC. The van der Waals surface area contributed by atoms with Crippen molar-refractivity contribution in [2.75, 3.05) is 0 Å². The number of rotatable bonds is 8. The van der Waals surface area contributed by atoms with E-state index < -0.39 is 11.9 Å². The summed E-state index contributed by atoms with van der Waals surface area (Å²) >= 11 is 0. The predicted molar refractivity (Wildman–Crippen MR) is 86.0 cm³/mol. The van der Waals surface area contributed by atoms with Gasteiger partial charge in [0.05, 0.1) is 23.3 Å². The first-order valence-corrected chi connectivity index (χ1v) is 8.00. The first kappa shape index (κ1) is 18.2. The molecule has 1 aromatic rings. The Balaban J connectivity index is 2.84.